The largest absolute Gasteiger partial charge is 0.480 e. The summed E-state index contributed by atoms with van der Waals surface area (Å²) >= 11 is 0. The van der Waals surface area contributed by atoms with Crippen molar-refractivity contribution in [1.29, 1.82) is 0 Å². The van der Waals surface area contributed by atoms with Gasteiger partial charge < -0.3 is 15.3 Å². The zero-order chi connectivity index (χ0) is 15.2. The van der Waals surface area contributed by atoms with Crippen LogP contribution < -0.4 is 5.32 Å². The number of rotatable bonds is 6. The number of aliphatic carboxylic acids is 1. The van der Waals surface area contributed by atoms with Crippen LogP contribution in [0.2, 0.25) is 0 Å². The van der Waals surface area contributed by atoms with Gasteiger partial charge in [0.15, 0.2) is 0 Å². The quantitative estimate of drug-likeness (QED) is 0.779. The van der Waals surface area contributed by atoms with Crippen molar-refractivity contribution in [3.63, 3.8) is 0 Å². The van der Waals surface area contributed by atoms with Gasteiger partial charge in [0.2, 0.25) is 0 Å². The molecule has 0 aliphatic carbocycles. The van der Waals surface area contributed by atoms with Crippen LogP contribution in [0.5, 0.6) is 0 Å². The van der Waals surface area contributed by atoms with Crippen molar-refractivity contribution in [3.05, 3.63) is 0 Å². The molecule has 2 aliphatic rings. The first kappa shape index (κ1) is 16.1. The third kappa shape index (κ3) is 4.33. The topological polar surface area (TPSA) is 72.9 Å². The zero-order valence-corrected chi connectivity index (χ0v) is 12.9. The van der Waals surface area contributed by atoms with E-state index in [2.05, 4.69) is 10.2 Å². The fourth-order valence-corrected chi connectivity index (χ4v) is 3.24. The number of carbonyl (C=O) groups excluding carboxylic acids is 1. The number of carbonyl (C=O) groups is 2. The van der Waals surface area contributed by atoms with Crippen molar-refractivity contribution in [3.8, 4) is 0 Å². The van der Waals surface area contributed by atoms with Gasteiger partial charge in [-0.1, -0.05) is 19.8 Å². The maximum Gasteiger partial charge on any atom is 0.326 e. The Kier molecular flexibility index (Phi) is 5.85. The lowest BCUT2D eigenvalue weighted by Gasteiger charge is -2.24. The highest BCUT2D eigenvalue weighted by molar-refractivity contribution is 5.82. The number of carboxylic acids is 1. The summed E-state index contributed by atoms with van der Waals surface area (Å²) < 4.78 is 0. The number of amides is 2. The highest BCUT2D eigenvalue weighted by Gasteiger charge is 2.32. The molecule has 2 aliphatic heterocycles. The molecule has 0 aromatic carbocycles. The molecule has 6 heteroatoms. The predicted molar refractivity (Wildman–Crippen MR) is 80.3 cm³/mol. The van der Waals surface area contributed by atoms with Crippen LogP contribution in [0.15, 0.2) is 0 Å². The molecule has 21 heavy (non-hydrogen) atoms. The summed E-state index contributed by atoms with van der Waals surface area (Å²) in [4.78, 5) is 27.6. The molecule has 0 radical (unpaired) electrons. The van der Waals surface area contributed by atoms with Gasteiger partial charge in [0.1, 0.15) is 6.04 Å². The first-order valence-corrected chi connectivity index (χ1v) is 8.14. The number of carboxylic acid groups (broad SMARTS) is 1. The Balaban J connectivity index is 1.81. The van der Waals surface area contributed by atoms with Crippen LogP contribution in [-0.2, 0) is 4.79 Å². The van der Waals surface area contributed by atoms with Crippen LogP contribution in [0.1, 0.15) is 45.4 Å². The molecule has 2 unspecified atom stereocenters. The summed E-state index contributed by atoms with van der Waals surface area (Å²) in [6.45, 7) is 5.74. The molecule has 120 valence electrons. The van der Waals surface area contributed by atoms with Crippen molar-refractivity contribution in [1.82, 2.24) is 15.1 Å². The molecule has 0 bridgehead atoms. The van der Waals surface area contributed by atoms with Crippen molar-refractivity contribution in [2.75, 3.05) is 26.2 Å². The lowest BCUT2D eigenvalue weighted by molar-refractivity contribution is -0.139. The number of nitrogens with zero attached hydrogens (tertiary/aromatic N) is 2. The van der Waals surface area contributed by atoms with Crippen molar-refractivity contribution >= 4 is 12.0 Å². The minimum atomic E-state index is -0.938. The number of unbranched alkanes of at least 4 members (excludes halogenated alkanes) is 1. The highest BCUT2D eigenvalue weighted by atomic mass is 16.4. The molecular weight excluding hydrogens is 270 g/mol. The Morgan fingerprint density at radius 1 is 1.29 bits per heavy atom. The van der Waals surface area contributed by atoms with Gasteiger partial charge in [-0.15, -0.1) is 0 Å². The molecule has 2 saturated heterocycles. The van der Waals surface area contributed by atoms with E-state index in [0.29, 0.717) is 12.5 Å². The van der Waals surface area contributed by atoms with E-state index in [0.717, 1.165) is 45.4 Å². The zero-order valence-electron chi connectivity index (χ0n) is 12.9. The van der Waals surface area contributed by atoms with Gasteiger partial charge in [-0.05, 0) is 38.8 Å². The fourth-order valence-electron chi connectivity index (χ4n) is 3.24. The van der Waals surface area contributed by atoms with E-state index in [1.165, 1.54) is 12.8 Å². The molecule has 0 aromatic heterocycles. The van der Waals surface area contributed by atoms with Gasteiger partial charge in [-0.25, -0.2) is 9.59 Å². The van der Waals surface area contributed by atoms with E-state index in [9.17, 15) is 14.7 Å². The average molecular weight is 297 g/mol. The lowest BCUT2D eigenvalue weighted by atomic mass is 10.1. The first-order chi connectivity index (χ1) is 10.1. The maximum atomic E-state index is 12.2. The summed E-state index contributed by atoms with van der Waals surface area (Å²) in [5.41, 5.74) is 0. The van der Waals surface area contributed by atoms with Gasteiger partial charge in [0.05, 0.1) is 0 Å². The van der Waals surface area contributed by atoms with Crippen LogP contribution in [0.3, 0.4) is 0 Å². The molecule has 6 nitrogen and oxygen atoms in total. The van der Waals surface area contributed by atoms with E-state index in [-0.39, 0.29) is 6.03 Å². The lowest BCUT2D eigenvalue weighted by Crippen LogP contribution is -2.48. The molecule has 2 heterocycles. The molecule has 2 N–H and O–H groups in total. The van der Waals surface area contributed by atoms with Gasteiger partial charge in [0, 0.05) is 19.1 Å². The van der Waals surface area contributed by atoms with Gasteiger partial charge in [-0.3, -0.25) is 4.90 Å². The summed E-state index contributed by atoms with van der Waals surface area (Å²) in [5.74, 6) is -0.938. The Bertz CT molecular complexity index is 369. The van der Waals surface area contributed by atoms with Crippen molar-refractivity contribution in [2.24, 2.45) is 0 Å². The van der Waals surface area contributed by atoms with E-state index >= 15 is 0 Å². The molecule has 2 atom stereocenters. The summed E-state index contributed by atoms with van der Waals surface area (Å²) in [5, 5.41) is 11.8. The minimum Gasteiger partial charge on any atom is -0.480 e. The molecular formula is C15H27N3O3. The fraction of sp³-hybridized carbons (Fsp3) is 0.867. The van der Waals surface area contributed by atoms with Crippen LogP contribution in [-0.4, -0.2) is 65.2 Å². The van der Waals surface area contributed by atoms with Crippen molar-refractivity contribution in [2.45, 2.75) is 57.5 Å². The standard InChI is InChI=1S/C15H27N3O3/c1-2-3-6-13(14(19)20)16-15(21)18-10-7-12(11-18)17-8-4-5-9-17/h12-13H,2-11H2,1H3,(H,16,21)(H,19,20). The average Bonchev–Trinajstić information content (AvgIpc) is 3.12. The van der Waals surface area contributed by atoms with E-state index in [4.69, 9.17) is 0 Å². The number of urea groups is 1. The van der Waals surface area contributed by atoms with Crippen LogP contribution in [0.4, 0.5) is 4.79 Å². The van der Waals surface area contributed by atoms with E-state index < -0.39 is 12.0 Å². The van der Waals surface area contributed by atoms with E-state index in [1.807, 2.05) is 6.92 Å². The summed E-state index contributed by atoms with van der Waals surface area (Å²) in [6, 6.07) is -0.527. The molecule has 0 aromatic rings. The Morgan fingerprint density at radius 2 is 2.00 bits per heavy atom. The smallest absolute Gasteiger partial charge is 0.326 e. The number of nitrogens with one attached hydrogen (secondary N) is 1. The summed E-state index contributed by atoms with van der Waals surface area (Å²) in [6.07, 6.45) is 5.75. The predicted octanol–water partition coefficient (Wildman–Crippen LogP) is 1.51. The number of likely N-dealkylation sites (tertiary alicyclic amines) is 2. The Labute approximate surface area is 126 Å². The summed E-state index contributed by atoms with van der Waals surface area (Å²) in [7, 11) is 0. The monoisotopic (exact) mass is 297 g/mol. The second-order valence-corrected chi connectivity index (χ2v) is 6.11. The van der Waals surface area contributed by atoms with Crippen LogP contribution in [0.25, 0.3) is 0 Å². The second kappa shape index (κ2) is 7.64. The molecule has 0 spiro atoms. The van der Waals surface area contributed by atoms with Gasteiger partial charge in [-0.2, -0.15) is 0 Å². The Hall–Kier alpha value is -1.30. The molecule has 2 rings (SSSR count). The Morgan fingerprint density at radius 3 is 2.62 bits per heavy atom. The van der Waals surface area contributed by atoms with E-state index in [1.54, 1.807) is 4.90 Å². The van der Waals surface area contributed by atoms with Gasteiger partial charge >= 0.3 is 12.0 Å². The van der Waals surface area contributed by atoms with Gasteiger partial charge in [0.25, 0.3) is 0 Å². The molecule has 2 amide bonds. The number of hydrogen-bond donors (Lipinski definition) is 2. The third-order valence-corrected chi connectivity index (χ3v) is 4.55. The van der Waals surface area contributed by atoms with Crippen LogP contribution >= 0.6 is 0 Å². The highest BCUT2D eigenvalue weighted by Crippen LogP contribution is 2.20. The maximum absolute atomic E-state index is 12.2. The SMILES string of the molecule is CCCCC(NC(=O)N1CCC(N2CCCC2)C1)C(=O)O. The third-order valence-electron chi connectivity index (χ3n) is 4.55. The first-order valence-electron chi connectivity index (χ1n) is 8.14. The number of hydrogen-bond acceptors (Lipinski definition) is 3. The minimum absolute atomic E-state index is 0.222. The molecule has 2 fully saturated rings. The second-order valence-electron chi connectivity index (χ2n) is 6.11. The van der Waals surface area contributed by atoms with Crippen molar-refractivity contribution < 1.29 is 14.7 Å². The normalized spacial score (nSPS) is 24.2. The molecule has 0 saturated carbocycles. The van der Waals surface area contributed by atoms with Crippen LogP contribution in [0, 0.1) is 0 Å².